The molecular weight excluding hydrogens is 408 g/mol. The van der Waals surface area contributed by atoms with Crippen molar-refractivity contribution in [2.75, 3.05) is 12.4 Å². The summed E-state index contributed by atoms with van der Waals surface area (Å²) in [6.45, 7) is 12.3. The average molecular weight is 441 g/mol. The molecule has 32 heavy (non-hydrogen) atoms. The van der Waals surface area contributed by atoms with Crippen LogP contribution in [0.2, 0.25) is 0 Å². The van der Waals surface area contributed by atoms with Gasteiger partial charge in [0.25, 0.3) is 0 Å². The summed E-state index contributed by atoms with van der Waals surface area (Å²) in [6.07, 6.45) is 0.442. The van der Waals surface area contributed by atoms with Gasteiger partial charge in [-0.15, -0.1) is 0 Å². The van der Waals surface area contributed by atoms with Crippen LogP contribution in [0, 0.1) is 19.3 Å². The number of ether oxygens (including phenoxy) is 2. The molecular formula is C25H32N2O5. The van der Waals surface area contributed by atoms with Crippen LogP contribution in [-0.2, 0) is 27.4 Å². The van der Waals surface area contributed by atoms with Gasteiger partial charge in [0.2, 0.25) is 11.8 Å². The van der Waals surface area contributed by atoms with Gasteiger partial charge in [-0.3, -0.25) is 14.4 Å². The van der Waals surface area contributed by atoms with Crippen LogP contribution in [0.5, 0.6) is 5.88 Å². The summed E-state index contributed by atoms with van der Waals surface area (Å²) in [6, 6.07) is 5.60. The highest BCUT2D eigenvalue weighted by molar-refractivity contribution is 6.16. The number of ketones is 1. The average Bonchev–Trinajstić information content (AvgIpc) is 2.69. The number of pyridine rings is 1. The Morgan fingerprint density at radius 2 is 1.66 bits per heavy atom. The van der Waals surface area contributed by atoms with E-state index in [0.717, 1.165) is 11.1 Å². The molecule has 1 aromatic carbocycles. The zero-order valence-electron chi connectivity index (χ0n) is 20.1. The number of esters is 1. The summed E-state index contributed by atoms with van der Waals surface area (Å²) in [5.74, 6) is -0.903. The topological polar surface area (TPSA) is 94.6 Å². The molecule has 0 radical (unpaired) electrons. The molecule has 0 aliphatic rings. The number of methoxy groups -OCH3 is 1. The maximum atomic E-state index is 13.8. The minimum Gasteiger partial charge on any atom is -0.479 e. The number of benzene rings is 1. The van der Waals surface area contributed by atoms with Crippen LogP contribution >= 0.6 is 0 Å². The zero-order chi connectivity index (χ0) is 24.2. The van der Waals surface area contributed by atoms with E-state index < -0.39 is 11.4 Å². The predicted octanol–water partition coefficient (Wildman–Crippen LogP) is 4.55. The highest BCUT2D eigenvalue weighted by Gasteiger charge is 2.30. The fraction of sp³-hybridized carbons (Fsp3) is 0.440. The molecule has 0 atom stereocenters. The van der Waals surface area contributed by atoms with E-state index in [1.807, 2.05) is 39.0 Å². The van der Waals surface area contributed by atoms with Crippen molar-refractivity contribution in [3.8, 4) is 5.88 Å². The number of rotatable bonds is 7. The lowest BCUT2D eigenvalue weighted by atomic mass is 9.91. The van der Waals surface area contributed by atoms with E-state index in [1.165, 1.54) is 14.0 Å². The van der Waals surface area contributed by atoms with Crippen molar-refractivity contribution >= 4 is 23.3 Å². The molecule has 0 saturated carbocycles. The third-order valence-corrected chi connectivity index (χ3v) is 4.94. The summed E-state index contributed by atoms with van der Waals surface area (Å²) in [4.78, 5) is 42.5. The number of nitrogens with one attached hydrogen (secondary N) is 1. The fourth-order valence-corrected chi connectivity index (χ4v) is 3.38. The minimum absolute atomic E-state index is 0.0923. The van der Waals surface area contributed by atoms with Gasteiger partial charge in [0, 0.05) is 17.9 Å². The van der Waals surface area contributed by atoms with E-state index >= 15 is 0 Å². The molecule has 0 aliphatic carbocycles. The zero-order valence-corrected chi connectivity index (χ0v) is 20.1. The first-order chi connectivity index (χ1) is 14.9. The summed E-state index contributed by atoms with van der Waals surface area (Å²) < 4.78 is 10.6. The normalized spacial score (nSPS) is 11.1. The number of aryl methyl sites for hydroxylation is 2. The molecule has 0 spiro atoms. The number of nitrogens with zero attached hydrogens (tertiary/aromatic N) is 1. The number of amides is 1. The molecule has 0 saturated heterocycles. The van der Waals surface area contributed by atoms with E-state index in [4.69, 9.17) is 9.47 Å². The number of carbonyl (C=O) groups excluding carboxylic acids is 3. The first kappa shape index (κ1) is 25.0. The minimum atomic E-state index is -0.700. The van der Waals surface area contributed by atoms with Gasteiger partial charge in [-0.1, -0.05) is 44.9 Å². The van der Waals surface area contributed by atoms with Crippen LogP contribution in [0.15, 0.2) is 18.2 Å². The van der Waals surface area contributed by atoms with Crippen LogP contribution in [0.4, 0.5) is 5.69 Å². The maximum absolute atomic E-state index is 13.8. The molecule has 1 amide bonds. The smallest absolute Gasteiger partial charge is 0.303 e. The molecule has 1 heterocycles. The van der Waals surface area contributed by atoms with Crippen molar-refractivity contribution in [3.05, 3.63) is 51.7 Å². The highest BCUT2D eigenvalue weighted by atomic mass is 16.5. The lowest BCUT2D eigenvalue weighted by Crippen LogP contribution is -2.29. The van der Waals surface area contributed by atoms with Gasteiger partial charge >= 0.3 is 5.97 Å². The van der Waals surface area contributed by atoms with E-state index in [-0.39, 0.29) is 29.9 Å². The quantitative estimate of drug-likeness (QED) is 0.501. The number of hydrogen-bond acceptors (Lipinski definition) is 6. The third-order valence-electron chi connectivity index (χ3n) is 4.94. The van der Waals surface area contributed by atoms with E-state index in [1.54, 1.807) is 20.8 Å². The Hall–Kier alpha value is -3.22. The van der Waals surface area contributed by atoms with Crippen molar-refractivity contribution in [1.29, 1.82) is 0 Å². The molecule has 2 rings (SSSR count). The SMILES string of the molecule is CCc1c(COC(C)=O)nc(OC)c(NC(=O)C(C)(C)C)c1C(=O)c1cc(C)cc(C)c1. The lowest BCUT2D eigenvalue weighted by Gasteiger charge is -2.23. The first-order valence-electron chi connectivity index (χ1n) is 10.6. The second kappa shape index (κ2) is 9.94. The number of carbonyl (C=O) groups is 3. The van der Waals surface area contributed by atoms with Gasteiger partial charge in [-0.25, -0.2) is 4.98 Å². The third kappa shape index (κ3) is 5.72. The molecule has 7 heteroatoms. The Kier molecular flexibility index (Phi) is 7.78. The maximum Gasteiger partial charge on any atom is 0.303 e. The number of anilines is 1. The van der Waals surface area contributed by atoms with Gasteiger partial charge in [-0.2, -0.15) is 0 Å². The summed E-state index contributed by atoms with van der Waals surface area (Å²) in [5, 5.41) is 2.86. The lowest BCUT2D eigenvalue weighted by molar-refractivity contribution is -0.142. The highest BCUT2D eigenvalue weighted by Crippen LogP contribution is 2.35. The predicted molar refractivity (Wildman–Crippen MR) is 123 cm³/mol. The summed E-state index contributed by atoms with van der Waals surface area (Å²) in [7, 11) is 1.42. The van der Waals surface area contributed by atoms with Crippen molar-refractivity contribution in [3.63, 3.8) is 0 Å². The van der Waals surface area contributed by atoms with Crippen LogP contribution in [0.25, 0.3) is 0 Å². The van der Waals surface area contributed by atoms with Crippen LogP contribution in [0.3, 0.4) is 0 Å². The van der Waals surface area contributed by atoms with Crippen molar-refractivity contribution < 1.29 is 23.9 Å². The molecule has 0 unspecified atom stereocenters. The molecule has 1 aromatic heterocycles. The summed E-state index contributed by atoms with van der Waals surface area (Å²) >= 11 is 0. The standard InChI is InChI=1S/C25H32N2O5/c1-9-18-19(13-32-16(4)28)26-23(31-8)21(27-24(30)25(5,6)7)20(18)22(29)17-11-14(2)10-15(3)12-17/h10-12H,9,13H2,1-8H3,(H,27,30). The Bertz CT molecular complexity index is 1030. The molecule has 0 fully saturated rings. The van der Waals surface area contributed by atoms with E-state index in [0.29, 0.717) is 28.8 Å². The van der Waals surface area contributed by atoms with Crippen molar-refractivity contribution in [2.45, 2.75) is 61.5 Å². The molecule has 172 valence electrons. The van der Waals surface area contributed by atoms with E-state index in [2.05, 4.69) is 10.3 Å². The summed E-state index contributed by atoms with van der Waals surface area (Å²) in [5.41, 5.74) is 3.23. The molecule has 2 aromatic rings. The number of aromatic nitrogens is 1. The molecule has 1 N–H and O–H groups in total. The Balaban J connectivity index is 2.81. The van der Waals surface area contributed by atoms with Crippen LogP contribution < -0.4 is 10.1 Å². The number of hydrogen-bond donors (Lipinski definition) is 1. The Labute approximate surface area is 189 Å². The first-order valence-corrected chi connectivity index (χ1v) is 10.6. The fourth-order valence-electron chi connectivity index (χ4n) is 3.38. The van der Waals surface area contributed by atoms with Crippen LogP contribution in [0.1, 0.15) is 72.9 Å². The van der Waals surface area contributed by atoms with Gasteiger partial charge in [0.1, 0.15) is 12.3 Å². The van der Waals surface area contributed by atoms with Crippen molar-refractivity contribution in [2.24, 2.45) is 5.41 Å². The Morgan fingerprint density at radius 3 is 2.12 bits per heavy atom. The molecule has 0 bridgehead atoms. The molecule has 7 nitrogen and oxygen atoms in total. The largest absolute Gasteiger partial charge is 0.479 e. The second-order valence-corrected chi connectivity index (χ2v) is 8.84. The van der Waals surface area contributed by atoms with E-state index in [9.17, 15) is 14.4 Å². The monoisotopic (exact) mass is 440 g/mol. The second-order valence-electron chi connectivity index (χ2n) is 8.84. The van der Waals surface area contributed by atoms with Crippen LogP contribution in [-0.4, -0.2) is 29.8 Å². The Morgan fingerprint density at radius 1 is 1.06 bits per heavy atom. The van der Waals surface area contributed by atoms with Crippen molar-refractivity contribution in [1.82, 2.24) is 4.98 Å². The van der Waals surface area contributed by atoms with Gasteiger partial charge in [0.15, 0.2) is 5.78 Å². The van der Waals surface area contributed by atoms with Gasteiger partial charge in [0.05, 0.1) is 18.4 Å². The van der Waals surface area contributed by atoms with Gasteiger partial charge in [-0.05, 0) is 38.0 Å². The molecule has 0 aliphatic heterocycles. The van der Waals surface area contributed by atoms with Gasteiger partial charge < -0.3 is 14.8 Å².